The van der Waals surface area contributed by atoms with E-state index in [1.165, 1.54) is 17.3 Å². The summed E-state index contributed by atoms with van der Waals surface area (Å²) < 4.78 is 1.77. The topological polar surface area (TPSA) is 48.8 Å². The van der Waals surface area contributed by atoms with Crippen LogP contribution in [0, 0.1) is 0 Å². The Morgan fingerprint density at radius 2 is 2.44 bits per heavy atom. The minimum absolute atomic E-state index is 0.222. The molecule has 1 rings (SSSR count). The van der Waals surface area contributed by atoms with E-state index in [1.807, 2.05) is 0 Å². The van der Waals surface area contributed by atoms with Gasteiger partial charge in [-0.25, -0.2) is 0 Å². The van der Waals surface area contributed by atoms with Gasteiger partial charge in [0, 0.05) is 0 Å². The molecule has 9 heavy (non-hydrogen) atoms. The van der Waals surface area contributed by atoms with Crippen molar-refractivity contribution in [2.75, 3.05) is 4.43 Å². The molecular formula is C5H9IN3-. The zero-order chi connectivity index (χ0) is 6.53. The second-order valence-corrected chi connectivity index (χ2v) is 5.38. The van der Waals surface area contributed by atoms with Crippen molar-refractivity contribution in [3.63, 3.8) is 0 Å². The number of rotatable bonds is 1. The van der Waals surface area contributed by atoms with Crippen LogP contribution in [0.3, 0.4) is 0 Å². The predicted octanol–water partition coefficient (Wildman–Crippen LogP) is -1.10. The molecule has 0 radical (unpaired) electrons. The predicted molar refractivity (Wildman–Crippen MR) is 31.7 cm³/mol. The van der Waals surface area contributed by atoms with Gasteiger partial charge in [0.25, 0.3) is 0 Å². The fraction of sp³-hybridized carbons (Fsp3) is 1.00. The number of hydrogen-bond acceptors (Lipinski definition) is 1. The van der Waals surface area contributed by atoms with Gasteiger partial charge in [0.2, 0.25) is 0 Å². The van der Waals surface area contributed by atoms with Gasteiger partial charge in [-0.15, -0.1) is 0 Å². The Bertz CT molecular complexity index is 124. The number of hydrogen-bond donors (Lipinski definition) is 0. The van der Waals surface area contributed by atoms with E-state index in [1.54, 1.807) is 0 Å². The van der Waals surface area contributed by atoms with Gasteiger partial charge in [0.15, 0.2) is 0 Å². The van der Waals surface area contributed by atoms with Crippen LogP contribution >= 0.6 is 0 Å². The number of halogens is 1. The van der Waals surface area contributed by atoms with Crippen molar-refractivity contribution in [1.82, 2.24) is 0 Å². The summed E-state index contributed by atoms with van der Waals surface area (Å²) >= 11 is 0.222. The summed E-state index contributed by atoms with van der Waals surface area (Å²) in [6.45, 7) is 0. The second kappa shape index (κ2) is 3.95. The van der Waals surface area contributed by atoms with E-state index >= 15 is 0 Å². The molecule has 0 aromatic heterocycles. The molecule has 0 aromatic carbocycles. The minimum atomic E-state index is 0.222. The molecule has 1 fully saturated rings. The third-order valence-electron chi connectivity index (χ3n) is 1.29. The van der Waals surface area contributed by atoms with Gasteiger partial charge in [0.1, 0.15) is 0 Å². The maximum absolute atomic E-state index is 8.09. The molecule has 1 aliphatic heterocycles. The Morgan fingerprint density at radius 3 is 3.00 bits per heavy atom. The van der Waals surface area contributed by atoms with Crippen LogP contribution in [0.1, 0.15) is 19.3 Å². The first-order chi connectivity index (χ1) is 4.43. The molecule has 0 bridgehead atoms. The average Bonchev–Trinajstić information content (AvgIpc) is 1.91. The Balaban J connectivity index is 2.31. The SMILES string of the molecule is [N-]=[N+]=NC1CCCC[I-]1. The van der Waals surface area contributed by atoms with Crippen LogP contribution in [0.5, 0.6) is 0 Å². The summed E-state index contributed by atoms with van der Waals surface area (Å²) in [4.78, 5) is 2.81. The first kappa shape index (κ1) is 7.15. The Hall–Kier alpha value is 0.0400. The molecule has 1 heterocycles. The van der Waals surface area contributed by atoms with Crippen LogP contribution in [-0.4, -0.2) is 8.48 Å². The van der Waals surface area contributed by atoms with Gasteiger partial charge in [-0.05, 0) is 0 Å². The molecule has 1 unspecified atom stereocenters. The van der Waals surface area contributed by atoms with E-state index in [0.29, 0.717) is 4.05 Å². The third kappa shape index (κ3) is 2.41. The van der Waals surface area contributed by atoms with E-state index in [0.717, 1.165) is 6.42 Å². The zero-order valence-electron chi connectivity index (χ0n) is 5.13. The molecule has 52 valence electrons. The molecule has 0 aromatic rings. The third-order valence-corrected chi connectivity index (χ3v) is 4.56. The van der Waals surface area contributed by atoms with E-state index in [9.17, 15) is 0 Å². The Labute approximate surface area is 64.7 Å². The first-order valence-corrected chi connectivity index (χ1v) is 5.82. The van der Waals surface area contributed by atoms with Gasteiger partial charge >= 0.3 is 64.5 Å². The van der Waals surface area contributed by atoms with E-state index < -0.39 is 0 Å². The summed E-state index contributed by atoms with van der Waals surface area (Å²) in [5, 5.41) is 3.71. The second-order valence-electron chi connectivity index (χ2n) is 1.98. The quantitative estimate of drug-likeness (QED) is 0.139. The Kier molecular flexibility index (Phi) is 3.14. The molecular weight excluding hydrogens is 229 g/mol. The van der Waals surface area contributed by atoms with Gasteiger partial charge in [0.05, 0.1) is 0 Å². The fourth-order valence-electron chi connectivity index (χ4n) is 0.832. The van der Waals surface area contributed by atoms with E-state index in [4.69, 9.17) is 5.53 Å². The van der Waals surface area contributed by atoms with Crippen molar-refractivity contribution in [2.45, 2.75) is 23.3 Å². The zero-order valence-corrected chi connectivity index (χ0v) is 7.28. The van der Waals surface area contributed by atoms with Crippen LogP contribution in [-0.2, 0) is 0 Å². The molecule has 1 aliphatic rings. The number of nitrogens with zero attached hydrogens (tertiary/aromatic N) is 3. The van der Waals surface area contributed by atoms with Crippen molar-refractivity contribution in [1.29, 1.82) is 0 Å². The summed E-state index contributed by atoms with van der Waals surface area (Å²) in [6.07, 6.45) is 3.78. The molecule has 0 amide bonds. The van der Waals surface area contributed by atoms with Gasteiger partial charge in [-0.3, -0.25) is 0 Å². The maximum atomic E-state index is 8.09. The molecule has 0 saturated carbocycles. The Morgan fingerprint density at radius 1 is 1.56 bits per heavy atom. The first-order valence-electron chi connectivity index (χ1n) is 3.05. The summed E-state index contributed by atoms with van der Waals surface area (Å²) in [5.74, 6) is 0. The van der Waals surface area contributed by atoms with Crippen molar-refractivity contribution >= 4 is 0 Å². The molecule has 1 saturated heterocycles. The standard InChI is InChI=1S/C5H9IN3/c7-9-8-5-3-1-2-4-6-5/h5H,1-4H2/q-1. The van der Waals surface area contributed by atoms with Gasteiger partial charge in [-0.2, -0.15) is 0 Å². The van der Waals surface area contributed by atoms with Crippen LogP contribution < -0.4 is 21.2 Å². The average molecular weight is 238 g/mol. The molecule has 1 atom stereocenters. The van der Waals surface area contributed by atoms with Crippen molar-refractivity contribution in [2.24, 2.45) is 5.11 Å². The van der Waals surface area contributed by atoms with E-state index in [2.05, 4.69) is 10.0 Å². The molecule has 0 aliphatic carbocycles. The summed E-state index contributed by atoms with van der Waals surface area (Å²) in [7, 11) is 0. The normalized spacial score (nSPS) is 27.8. The van der Waals surface area contributed by atoms with Crippen molar-refractivity contribution in [3.05, 3.63) is 10.4 Å². The van der Waals surface area contributed by atoms with Gasteiger partial charge < -0.3 is 0 Å². The van der Waals surface area contributed by atoms with Crippen LogP contribution in [0.2, 0.25) is 0 Å². The number of alkyl halides is 2. The van der Waals surface area contributed by atoms with E-state index in [-0.39, 0.29) is 21.2 Å². The van der Waals surface area contributed by atoms with Crippen LogP contribution in [0.4, 0.5) is 0 Å². The van der Waals surface area contributed by atoms with Crippen LogP contribution in [0.25, 0.3) is 10.4 Å². The molecule has 4 heteroatoms. The summed E-state index contributed by atoms with van der Waals surface area (Å²) in [5.41, 5.74) is 8.09. The van der Waals surface area contributed by atoms with Crippen LogP contribution in [0.15, 0.2) is 5.11 Å². The van der Waals surface area contributed by atoms with Crippen molar-refractivity contribution in [3.8, 4) is 0 Å². The number of azide groups is 1. The monoisotopic (exact) mass is 238 g/mol. The van der Waals surface area contributed by atoms with Gasteiger partial charge in [-0.1, -0.05) is 0 Å². The van der Waals surface area contributed by atoms with Crippen molar-refractivity contribution < 1.29 is 21.2 Å². The molecule has 0 spiro atoms. The fourth-order valence-corrected chi connectivity index (χ4v) is 3.70. The summed E-state index contributed by atoms with van der Waals surface area (Å²) in [6, 6.07) is 0. The molecule has 0 N–H and O–H groups in total. The molecule has 3 nitrogen and oxygen atoms in total.